The Kier molecular flexibility index (Phi) is 3.96. The Bertz CT molecular complexity index is 902. The molecule has 2 heterocycles. The Labute approximate surface area is 137 Å². The second-order valence-electron chi connectivity index (χ2n) is 5.20. The van der Waals surface area contributed by atoms with Crippen molar-refractivity contribution in [3.8, 4) is 0 Å². The summed E-state index contributed by atoms with van der Waals surface area (Å²) in [5.41, 5.74) is -0.116. The number of rotatable bonds is 3. The third kappa shape index (κ3) is 2.50. The molecule has 0 bridgehead atoms. The number of aromatic nitrogens is 1. The molecule has 0 saturated heterocycles. The van der Waals surface area contributed by atoms with Gasteiger partial charge in [0.25, 0.3) is 16.4 Å². The summed E-state index contributed by atoms with van der Waals surface area (Å²) in [5.74, 6) is 0. The van der Waals surface area contributed by atoms with Crippen molar-refractivity contribution in [2.75, 3.05) is 11.9 Å². The van der Waals surface area contributed by atoms with Crippen LogP contribution in [0.1, 0.15) is 17.6 Å². The number of benzene rings is 1. The molecule has 0 spiro atoms. The number of para-hydroxylation sites is 1. The van der Waals surface area contributed by atoms with Crippen LogP contribution in [0.5, 0.6) is 0 Å². The number of pyridine rings is 1. The molecule has 0 saturated carbocycles. The van der Waals surface area contributed by atoms with Crippen molar-refractivity contribution in [3.63, 3.8) is 0 Å². The molecule has 1 aliphatic heterocycles. The molecule has 2 aromatic rings. The molecule has 0 unspecified atom stereocenters. The molecule has 1 aromatic carbocycles. The average Bonchev–Trinajstić information content (AvgIpc) is 2.57. The molecule has 126 valence electrons. The molecule has 0 radical (unpaired) electrons. The molecule has 24 heavy (non-hydrogen) atoms. The highest BCUT2D eigenvalue weighted by Gasteiger charge is 2.40. The second-order valence-corrected chi connectivity index (χ2v) is 7.03. The zero-order valence-electron chi connectivity index (χ0n) is 12.6. The summed E-state index contributed by atoms with van der Waals surface area (Å²) >= 11 is 0. The maximum Gasteiger partial charge on any atom is 0.338 e. The zero-order chi connectivity index (χ0) is 17.5. The molecule has 0 aliphatic carbocycles. The SMILES string of the molecule is CN1C(=O)N(Cc2ccncc2C(F)F)S(=O)(=O)c2ccccc21. The minimum Gasteiger partial charge on any atom is -0.295 e. The standard InChI is InChI=1S/C15H13F2N3O3S/c1-19-12-4-2-3-5-13(12)24(22,23)20(15(19)21)9-10-6-7-18-8-11(10)14(16)17/h2-8,14H,9H2,1H3. The first-order valence-corrected chi connectivity index (χ1v) is 8.38. The monoisotopic (exact) mass is 353 g/mol. The highest BCUT2D eigenvalue weighted by atomic mass is 32.2. The van der Waals surface area contributed by atoms with E-state index in [-0.39, 0.29) is 16.1 Å². The number of amides is 2. The van der Waals surface area contributed by atoms with Crippen LogP contribution in [0, 0.1) is 0 Å². The van der Waals surface area contributed by atoms with E-state index in [2.05, 4.69) is 4.98 Å². The number of nitrogens with zero attached hydrogens (tertiary/aromatic N) is 3. The molecule has 0 N–H and O–H groups in total. The molecule has 2 amide bonds. The Morgan fingerprint density at radius 3 is 2.62 bits per heavy atom. The number of urea groups is 1. The molecule has 6 nitrogen and oxygen atoms in total. The summed E-state index contributed by atoms with van der Waals surface area (Å²) in [6.45, 7) is -0.484. The Balaban J connectivity index is 2.08. The lowest BCUT2D eigenvalue weighted by Crippen LogP contribution is -2.48. The van der Waals surface area contributed by atoms with Crippen molar-refractivity contribution in [1.82, 2.24) is 9.29 Å². The fraction of sp³-hybridized carbons (Fsp3) is 0.200. The van der Waals surface area contributed by atoms with Gasteiger partial charge in [-0.2, -0.15) is 0 Å². The lowest BCUT2D eigenvalue weighted by Gasteiger charge is -2.34. The Morgan fingerprint density at radius 2 is 1.92 bits per heavy atom. The van der Waals surface area contributed by atoms with Gasteiger partial charge in [0.2, 0.25) is 0 Å². The van der Waals surface area contributed by atoms with Gasteiger partial charge in [-0.25, -0.2) is 26.3 Å². The van der Waals surface area contributed by atoms with Gasteiger partial charge >= 0.3 is 6.03 Å². The molecule has 9 heteroatoms. The fourth-order valence-corrected chi connectivity index (χ4v) is 4.12. The van der Waals surface area contributed by atoms with Crippen LogP contribution in [0.4, 0.5) is 19.3 Å². The molecular formula is C15H13F2N3O3S. The number of alkyl halides is 2. The summed E-state index contributed by atoms with van der Waals surface area (Å²) in [4.78, 5) is 17.2. The summed E-state index contributed by atoms with van der Waals surface area (Å²) in [5, 5.41) is 0. The Hall–Kier alpha value is -2.55. The number of carbonyl (C=O) groups excluding carboxylic acids is 1. The van der Waals surface area contributed by atoms with Crippen molar-refractivity contribution in [1.29, 1.82) is 0 Å². The number of sulfonamides is 1. The van der Waals surface area contributed by atoms with E-state index >= 15 is 0 Å². The predicted octanol–water partition coefficient (Wildman–Crippen LogP) is 2.78. The van der Waals surface area contributed by atoms with Crippen molar-refractivity contribution in [2.45, 2.75) is 17.9 Å². The largest absolute Gasteiger partial charge is 0.338 e. The quantitative estimate of drug-likeness (QED) is 0.851. The molecule has 1 aliphatic rings. The number of hydrogen-bond acceptors (Lipinski definition) is 4. The van der Waals surface area contributed by atoms with Crippen LogP contribution in [0.15, 0.2) is 47.6 Å². The molecule has 0 atom stereocenters. The van der Waals surface area contributed by atoms with E-state index in [1.807, 2.05) is 0 Å². The Morgan fingerprint density at radius 1 is 1.21 bits per heavy atom. The minimum absolute atomic E-state index is 0.0321. The number of hydrogen-bond donors (Lipinski definition) is 0. The van der Waals surface area contributed by atoms with Crippen LogP contribution in [0.3, 0.4) is 0 Å². The maximum atomic E-state index is 13.1. The van der Waals surface area contributed by atoms with E-state index in [1.54, 1.807) is 6.07 Å². The van der Waals surface area contributed by atoms with E-state index in [1.165, 1.54) is 42.4 Å². The van der Waals surface area contributed by atoms with E-state index in [0.717, 1.165) is 6.20 Å². The van der Waals surface area contributed by atoms with Gasteiger partial charge in [-0.1, -0.05) is 12.1 Å². The topological polar surface area (TPSA) is 70.6 Å². The van der Waals surface area contributed by atoms with Gasteiger partial charge in [-0.05, 0) is 23.8 Å². The van der Waals surface area contributed by atoms with Crippen LogP contribution in [-0.2, 0) is 16.6 Å². The first-order valence-electron chi connectivity index (χ1n) is 6.94. The van der Waals surface area contributed by atoms with Gasteiger partial charge in [0, 0.05) is 25.0 Å². The lowest BCUT2D eigenvalue weighted by molar-refractivity contribution is 0.149. The van der Waals surface area contributed by atoms with Crippen LogP contribution in [-0.4, -0.2) is 30.8 Å². The van der Waals surface area contributed by atoms with Gasteiger partial charge in [0.05, 0.1) is 12.2 Å². The highest BCUT2D eigenvalue weighted by molar-refractivity contribution is 7.90. The van der Waals surface area contributed by atoms with E-state index in [9.17, 15) is 22.0 Å². The molecule has 3 rings (SSSR count). The van der Waals surface area contributed by atoms with Crippen molar-refractivity contribution >= 4 is 21.7 Å². The van der Waals surface area contributed by atoms with Crippen molar-refractivity contribution in [3.05, 3.63) is 53.9 Å². The van der Waals surface area contributed by atoms with Gasteiger partial charge in [0.1, 0.15) is 4.90 Å². The van der Waals surface area contributed by atoms with Crippen LogP contribution in [0.25, 0.3) is 0 Å². The first-order chi connectivity index (χ1) is 11.3. The third-order valence-corrected chi connectivity index (χ3v) is 5.56. The van der Waals surface area contributed by atoms with Crippen LogP contribution < -0.4 is 4.90 Å². The highest BCUT2D eigenvalue weighted by Crippen LogP contribution is 2.35. The zero-order valence-corrected chi connectivity index (χ0v) is 13.4. The van der Waals surface area contributed by atoms with Crippen molar-refractivity contribution in [2.24, 2.45) is 0 Å². The number of fused-ring (bicyclic) bond motifs is 1. The summed E-state index contributed by atoms with van der Waals surface area (Å²) in [7, 11) is -2.69. The van der Waals surface area contributed by atoms with E-state index < -0.39 is 34.6 Å². The predicted molar refractivity (Wildman–Crippen MR) is 82.2 cm³/mol. The number of halogens is 2. The van der Waals surface area contributed by atoms with Gasteiger partial charge in [-0.15, -0.1) is 0 Å². The maximum absolute atomic E-state index is 13.1. The summed E-state index contributed by atoms with van der Waals surface area (Å²) < 4.78 is 52.2. The third-order valence-electron chi connectivity index (χ3n) is 3.79. The normalized spacial score (nSPS) is 16.4. The number of anilines is 1. The summed E-state index contributed by atoms with van der Waals surface area (Å²) in [6.07, 6.45) is -0.570. The molecule has 0 fully saturated rings. The fourth-order valence-electron chi connectivity index (χ4n) is 2.53. The van der Waals surface area contributed by atoms with Gasteiger partial charge in [0.15, 0.2) is 0 Å². The van der Waals surface area contributed by atoms with Gasteiger partial charge in [-0.3, -0.25) is 9.88 Å². The summed E-state index contributed by atoms with van der Waals surface area (Å²) in [6, 6.07) is 6.53. The van der Waals surface area contributed by atoms with E-state index in [0.29, 0.717) is 4.31 Å². The molecule has 1 aromatic heterocycles. The average molecular weight is 353 g/mol. The lowest BCUT2D eigenvalue weighted by atomic mass is 10.1. The first kappa shape index (κ1) is 16.3. The smallest absolute Gasteiger partial charge is 0.295 e. The second kappa shape index (κ2) is 5.82. The minimum atomic E-state index is -4.13. The molecular weight excluding hydrogens is 340 g/mol. The van der Waals surface area contributed by atoms with Crippen LogP contribution in [0.2, 0.25) is 0 Å². The van der Waals surface area contributed by atoms with Crippen LogP contribution >= 0.6 is 0 Å². The van der Waals surface area contributed by atoms with Gasteiger partial charge < -0.3 is 0 Å². The number of carbonyl (C=O) groups is 1. The van der Waals surface area contributed by atoms with Crippen molar-refractivity contribution < 1.29 is 22.0 Å². The van der Waals surface area contributed by atoms with E-state index in [4.69, 9.17) is 0 Å².